The van der Waals surface area contributed by atoms with Crippen LogP contribution < -0.4 is 16.0 Å². The Balaban J connectivity index is 0.00000288. The molecule has 25 heavy (non-hydrogen) atoms. The average molecular weight is 391 g/mol. The number of carbonyl (C=O) groups is 1. The molecule has 3 N–H and O–H groups in total. The van der Waals surface area contributed by atoms with Crippen molar-refractivity contribution in [2.75, 3.05) is 24.5 Å². The number of hydrogen-bond donors (Lipinski definition) is 2. The first-order valence-electron chi connectivity index (χ1n) is 8.74. The SMILES string of the molecule is CCC(CC)(CN)C(=O)NC1CCN(c2cccc(C)n2)CC1.Cl.Cl. The monoisotopic (exact) mass is 390 g/mol. The van der Waals surface area contributed by atoms with E-state index in [1.807, 2.05) is 32.9 Å². The molecule has 0 bridgehead atoms. The molecule has 1 saturated heterocycles. The van der Waals surface area contributed by atoms with Crippen LogP contribution in [0.1, 0.15) is 45.2 Å². The number of carbonyl (C=O) groups excluding carboxylic acids is 1. The second-order valence-corrected chi connectivity index (χ2v) is 6.56. The maximum Gasteiger partial charge on any atom is 0.227 e. The van der Waals surface area contributed by atoms with Crippen molar-refractivity contribution in [3.8, 4) is 0 Å². The van der Waals surface area contributed by atoms with Crippen LogP contribution in [0.15, 0.2) is 18.2 Å². The lowest BCUT2D eigenvalue weighted by molar-refractivity contribution is -0.131. The number of hydrogen-bond acceptors (Lipinski definition) is 4. The van der Waals surface area contributed by atoms with Crippen LogP contribution >= 0.6 is 24.8 Å². The van der Waals surface area contributed by atoms with Gasteiger partial charge in [-0.15, -0.1) is 24.8 Å². The van der Waals surface area contributed by atoms with Gasteiger partial charge >= 0.3 is 0 Å². The van der Waals surface area contributed by atoms with Gasteiger partial charge in [0.05, 0.1) is 5.41 Å². The summed E-state index contributed by atoms with van der Waals surface area (Å²) in [6.07, 6.45) is 3.49. The van der Waals surface area contributed by atoms with E-state index in [-0.39, 0.29) is 36.8 Å². The number of piperidine rings is 1. The summed E-state index contributed by atoms with van der Waals surface area (Å²) in [6, 6.07) is 6.36. The van der Waals surface area contributed by atoms with Crippen LogP contribution in [-0.2, 0) is 4.79 Å². The molecule has 1 aliphatic rings. The van der Waals surface area contributed by atoms with E-state index in [1.165, 1.54) is 0 Å². The first-order chi connectivity index (χ1) is 11.0. The third-order valence-corrected chi connectivity index (χ3v) is 5.25. The van der Waals surface area contributed by atoms with Gasteiger partial charge in [-0.25, -0.2) is 4.98 Å². The maximum absolute atomic E-state index is 12.6. The summed E-state index contributed by atoms with van der Waals surface area (Å²) in [4.78, 5) is 19.5. The minimum atomic E-state index is -0.408. The maximum atomic E-state index is 12.6. The molecule has 0 spiro atoms. The zero-order chi connectivity index (χ0) is 16.9. The third kappa shape index (κ3) is 5.73. The Labute approximate surface area is 164 Å². The van der Waals surface area contributed by atoms with E-state index in [9.17, 15) is 4.79 Å². The van der Waals surface area contributed by atoms with Gasteiger partial charge in [0.25, 0.3) is 0 Å². The fraction of sp³-hybridized carbons (Fsp3) is 0.667. The van der Waals surface area contributed by atoms with E-state index < -0.39 is 5.41 Å². The van der Waals surface area contributed by atoms with Crippen molar-refractivity contribution < 1.29 is 4.79 Å². The Morgan fingerprint density at radius 1 is 1.28 bits per heavy atom. The Morgan fingerprint density at radius 2 is 1.88 bits per heavy atom. The molecule has 5 nitrogen and oxygen atoms in total. The molecule has 2 rings (SSSR count). The molecule has 7 heteroatoms. The second-order valence-electron chi connectivity index (χ2n) is 6.56. The Kier molecular flexibility index (Phi) is 10.4. The largest absolute Gasteiger partial charge is 0.356 e. The number of aryl methyl sites for hydroxylation is 1. The third-order valence-electron chi connectivity index (χ3n) is 5.25. The molecule has 0 aliphatic carbocycles. The molecular weight excluding hydrogens is 359 g/mol. The van der Waals surface area contributed by atoms with Crippen LogP contribution in [0.25, 0.3) is 0 Å². The number of amides is 1. The Bertz CT molecular complexity index is 521. The summed E-state index contributed by atoms with van der Waals surface area (Å²) in [6.45, 7) is 8.37. The molecule has 1 aromatic rings. The van der Waals surface area contributed by atoms with Gasteiger partial charge in [0.15, 0.2) is 0 Å². The lowest BCUT2D eigenvalue weighted by atomic mass is 9.81. The smallest absolute Gasteiger partial charge is 0.227 e. The van der Waals surface area contributed by atoms with Crippen molar-refractivity contribution in [3.63, 3.8) is 0 Å². The number of halogens is 2. The molecule has 0 saturated carbocycles. The normalized spacial score (nSPS) is 15.1. The van der Waals surface area contributed by atoms with Gasteiger partial charge in [-0.05, 0) is 44.7 Å². The van der Waals surface area contributed by atoms with Crippen LogP contribution in [0.4, 0.5) is 5.82 Å². The summed E-state index contributed by atoms with van der Waals surface area (Å²) < 4.78 is 0. The van der Waals surface area contributed by atoms with Crippen LogP contribution in [0.3, 0.4) is 0 Å². The van der Waals surface area contributed by atoms with E-state index in [0.717, 1.165) is 50.3 Å². The van der Waals surface area contributed by atoms with Crippen molar-refractivity contribution in [1.29, 1.82) is 0 Å². The molecule has 1 fully saturated rings. The van der Waals surface area contributed by atoms with Crippen molar-refractivity contribution >= 4 is 36.5 Å². The minimum absolute atomic E-state index is 0. The fourth-order valence-electron chi connectivity index (χ4n) is 3.25. The standard InChI is InChI=1S/C18H30N4O.2ClH/c1-4-18(5-2,13-19)17(23)21-15-9-11-22(12-10-15)16-8-6-7-14(3)20-16;;/h6-8,15H,4-5,9-13,19H2,1-3H3,(H,21,23);2*1H. The molecular formula is C18H32Cl2N4O. The van der Waals surface area contributed by atoms with Gasteiger partial charge in [-0.2, -0.15) is 0 Å². The predicted molar refractivity (Wildman–Crippen MR) is 109 cm³/mol. The van der Waals surface area contributed by atoms with Crippen molar-refractivity contribution in [3.05, 3.63) is 23.9 Å². The lowest BCUT2D eigenvalue weighted by Crippen LogP contribution is -2.51. The van der Waals surface area contributed by atoms with Crippen molar-refractivity contribution in [1.82, 2.24) is 10.3 Å². The van der Waals surface area contributed by atoms with Gasteiger partial charge in [0, 0.05) is 31.4 Å². The van der Waals surface area contributed by atoms with E-state index in [1.54, 1.807) is 0 Å². The molecule has 1 amide bonds. The average Bonchev–Trinajstić information content (AvgIpc) is 2.58. The summed E-state index contributed by atoms with van der Waals surface area (Å²) in [5.74, 6) is 1.16. The highest BCUT2D eigenvalue weighted by atomic mass is 35.5. The molecule has 2 heterocycles. The van der Waals surface area contributed by atoms with Crippen molar-refractivity contribution in [2.45, 2.75) is 52.5 Å². The summed E-state index contributed by atoms with van der Waals surface area (Å²) in [5.41, 5.74) is 6.50. The minimum Gasteiger partial charge on any atom is -0.356 e. The highest BCUT2D eigenvalue weighted by Crippen LogP contribution is 2.26. The van der Waals surface area contributed by atoms with Crippen LogP contribution in [-0.4, -0.2) is 36.6 Å². The quantitative estimate of drug-likeness (QED) is 0.782. The molecule has 0 unspecified atom stereocenters. The number of aromatic nitrogens is 1. The van der Waals surface area contributed by atoms with Crippen LogP contribution in [0.2, 0.25) is 0 Å². The second kappa shape index (κ2) is 10.8. The summed E-state index contributed by atoms with van der Waals surface area (Å²) in [7, 11) is 0. The molecule has 1 aromatic heterocycles. The van der Waals surface area contributed by atoms with Gasteiger partial charge in [0.2, 0.25) is 5.91 Å². The van der Waals surface area contributed by atoms with Gasteiger partial charge in [-0.1, -0.05) is 19.9 Å². The van der Waals surface area contributed by atoms with E-state index in [0.29, 0.717) is 6.54 Å². The molecule has 0 atom stereocenters. The molecule has 144 valence electrons. The number of nitrogens with zero attached hydrogens (tertiary/aromatic N) is 2. The zero-order valence-corrected chi connectivity index (χ0v) is 17.1. The summed E-state index contributed by atoms with van der Waals surface area (Å²) >= 11 is 0. The van der Waals surface area contributed by atoms with Crippen LogP contribution in [0, 0.1) is 12.3 Å². The number of pyridine rings is 1. The topological polar surface area (TPSA) is 71.2 Å². The van der Waals surface area contributed by atoms with E-state index in [4.69, 9.17) is 5.73 Å². The lowest BCUT2D eigenvalue weighted by Gasteiger charge is -2.36. The first-order valence-corrected chi connectivity index (χ1v) is 8.74. The number of rotatable bonds is 6. The Hall–Kier alpha value is -1.04. The highest BCUT2D eigenvalue weighted by molar-refractivity contribution is 5.85. The van der Waals surface area contributed by atoms with Crippen molar-refractivity contribution in [2.24, 2.45) is 11.1 Å². The van der Waals surface area contributed by atoms with E-state index >= 15 is 0 Å². The molecule has 1 aliphatic heterocycles. The number of nitrogens with two attached hydrogens (primary N) is 1. The molecule has 0 radical (unpaired) electrons. The zero-order valence-electron chi connectivity index (χ0n) is 15.5. The molecule has 0 aromatic carbocycles. The van der Waals surface area contributed by atoms with Crippen LogP contribution in [0.5, 0.6) is 0 Å². The first kappa shape index (κ1) is 24.0. The van der Waals surface area contributed by atoms with E-state index in [2.05, 4.69) is 21.3 Å². The van der Waals surface area contributed by atoms with Gasteiger partial charge in [-0.3, -0.25) is 4.79 Å². The highest BCUT2D eigenvalue weighted by Gasteiger charge is 2.35. The predicted octanol–water partition coefficient (Wildman–Crippen LogP) is 3.08. The number of nitrogens with one attached hydrogen (secondary N) is 1. The van der Waals surface area contributed by atoms with Gasteiger partial charge in [0.1, 0.15) is 5.82 Å². The fourth-order valence-corrected chi connectivity index (χ4v) is 3.25. The Morgan fingerprint density at radius 3 is 2.36 bits per heavy atom. The van der Waals surface area contributed by atoms with Gasteiger partial charge < -0.3 is 16.0 Å². The summed E-state index contributed by atoms with van der Waals surface area (Å²) in [5, 5.41) is 3.23. The number of anilines is 1.